The SMILES string of the molecule is CC1=CC=C(c2ccccc2)C(c2ccccc2)=S1O[Cl+3]([O-])([O-])[O-]. The lowest BCUT2D eigenvalue weighted by Crippen LogP contribution is -2.60. The minimum absolute atomic E-state index is 0.681. The zero-order chi connectivity index (χ0) is 17.2. The molecule has 2 aromatic rings. The standard InChI is InChI=1S/C18H15ClO4S/c1-14-12-13-17(15-8-4-2-5-9-15)18(16-10-6-3-7-11-16)24(14)23-19(20,21)22/h2-13H,1H3. The molecule has 0 aliphatic carbocycles. The van der Waals surface area contributed by atoms with Crippen LogP contribution in [0.15, 0.2) is 77.7 Å². The van der Waals surface area contributed by atoms with Gasteiger partial charge < -0.3 is 0 Å². The summed E-state index contributed by atoms with van der Waals surface area (Å²) in [5, 5.41) is 0. The molecule has 0 bridgehead atoms. The minimum atomic E-state index is -4.54. The van der Waals surface area contributed by atoms with Crippen LogP contribution in [-0.4, -0.2) is 4.86 Å². The molecule has 1 aliphatic rings. The molecule has 0 fully saturated rings. The Morgan fingerprint density at radius 3 is 1.88 bits per heavy atom. The summed E-state index contributed by atoms with van der Waals surface area (Å²) < 4.78 is 38.5. The van der Waals surface area contributed by atoms with Gasteiger partial charge >= 0.3 is 0 Å². The van der Waals surface area contributed by atoms with E-state index in [1.54, 1.807) is 13.0 Å². The molecule has 1 atom stereocenters. The third kappa shape index (κ3) is 3.84. The van der Waals surface area contributed by atoms with Crippen LogP contribution < -0.4 is 14.0 Å². The van der Waals surface area contributed by atoms with E-state index in [-0.39, 0.29) is 0 Å². The van der Waals surface area contributed by atoms with Crippen LogP contribution >= 0.6 is 10.8 Å². The van der Waals surface area contributed by atoms with Crippen LogP contribution in [0.3, 0.4) is 0 Å². The Hall–Kier alpha value is -1.73. The van der Waals surface area contributed by atoms with E-state index in [1.807, 2.05) is 66.7 Å². The van der Waals surface area contributed by atoms with E-state index in [2.05, 4.69) is 0 Å². The molecule has 4 nitrogen and oxygen atoms in total. The van der Waals surface area contributed by atoms with E-state index in [9.17, 15) is 14.0 Å². The van der Waals surface area contributed by atoms with Crippen molar-refractivity contribution >= 4 is 21.2 Å². The van der Waals surface area contributed by atoms with Crippen molar-refractivity contribution in [1.82, 2.24) is 0 Å². The fourth-order valence-electron chi connectivity index (χ4n) is 2.45. The van der Waals surface area contributed by atoms with Crippen molar-refractivity contribution in [3.05, 3.63) is 88.8 Å². The predicted octanol–water partition coefficient (Wildman–Crippen LogP) is 1.31. The van der Waals surface area contributed by atoms with Crippen LogP contribution in [0.5, 0.6) is 0 Å². The zero-order valence-corrected chi connectivity index (χ0v) is 14.4. The molecule has 0 spiro atoms. The van der Waals surface area contributed by atoms with Gasteiger partial charge in [-0.05, 0) is 29.7 Å². The number of allylic oxidation sites excluding steroid dienone is 4. The van der Waals surface area contributed by atoms with Crippen molar-refractivity contribution in [3.63, 3.8) is 0 Å². The fourth-order valence-corrected chi connectivity index (χ4v) is 4.97. The molecule has 0 aromatic heterocycles. The summed E-state index contributed by atoms with van der Waals surface area (Å²) in [6.45, 7) is 1.75. The molecule has 2 aromatic carbocycles. The van der Waals surface area contributed by atoms with Gasteiger partial charge in [0.2, 0.25) is 0 Å². The Balaban J connectivity index is 2.22. The van der Waals surface area contributed by atoms with Gasteiger partial charge in [-0.3, -0.25) is 0 Å². The molecule has 124 valence electrons. The number of rotatable bonds is 4. The summed E-state index contributed by atoms with van der Waals surface area (Å²) in [5.74, 6) is 0. The summed E-state index contributed by atoms with van der Waals surface area (Å²) in [5.41, 5.74) is 2.60. The van der Waals surface area contributed by atoms with Gasteiger partial charge in [-0.1, -0.05) is 66.7 Å². The molecule has 0 N–H and O–H groups in total. The van der Waals surface area contributed by atoms with E-state index >= 15 is 0 Å². The van der Waals surface area contributed by atoms with Gasteiger partial charge in [0.05, 0.1) is 15.1 Å². The van der Waals surface area contributed by atoms with Gasteiger partial charge in [-0.15, -0.1) is 0 Å². The number of hydrogen-bond donors (Lipinski definition) is 0. The first kappa shape index (κ1) is 17.1. The first-order chi connectivity index (χ1) is 11.5. The minimum Gasteiger partial charge on any atom is -0.182 e. The molecule has 24 heavy (non-hydrogen) atoms. The largest absolute Gasteiger partial charge is 0.182 e. The van der Waals surface area contributed by atoms with Gasteiger partial charge in [-0.2, -0.15) is 14.0 Å². The maximum absolute atomic E-state index is 11.2. The summed E-state index contributed by atoms with van der Waals surface area (Å²) in [6.07, 6.45) is 3.72. The van der Waals surface area contributed by atoms with Crippen LogP contribution in [-0.2, 0) is 3.74 Å². The monoisotopic (exact) mass is 362 g/mol. The Bertz CT molecular complexity index is 821. The van der Waals surface area contributed by atoms with Crippen LogP contribution in [0.1, 0.15) is 18.1 Å². The van der Waals surface area contributed by atoms with Crippen molar-refractivity contribution in [1.29, 1.82) is 0 Å². The molecule has 0 amide bonds. The molecule has 3 rings (SSSR count). The second-order valence-corrected chi connectivity index (χ2v) is 7.98. The van der Waals surface area contributed by atoms with Gasteiger partial charge in [0.1, 0.15) is 14.5 Å². The van der Waals surface area contributed by atoms with Crippen LogP contribution in [0.25, 0.3) is 5.57 Å². The van der Waals surface area contributed by atoms with Crippen LogP contribution in [0.2, 0.25) is 0 Å². The maximum Gasteiger partial charge on any atom is 0.143 e. The molecule has 6 heteroatoms. The summed E-state index contributed by atoms with van der Waals surface area (Å²) in [6, 6.07) is 19.0. The highest BCUT2D eigenvalue weighted by Crippen LogP contribution is 2.40. The fraction of sp³-hybridized carbons (Fsp3) is 0.0556. The van der Waals surface area contributed by atoms with Crippen molar-refractivity contribution in [2.24, 2.45) is 0 Å². The normalized spacial score (nSPS) is 18.2. The zero-order valence-electron chi connectivity index (χ0n) is 12.8. The molecule has 0 saturated carbocycles. The number of hydrogen-bond acceptors (Lipinski definition) is 4. The lowest BCUT2D eigenvalue weighted by Gasteiger charge is -2.21. The Kier molecular flexibility index (Phi) is 5.01. The lowest BCUT2D eigenvalue weighted by molar-refractivity contribution is -1.91. The highest BCUT2D eigenvalue weighted by atomic mass is 35.7. The topological polar surface area (TPSA) is 78.4 Å². The van der Waals surface area contributed by atoms with Gasteiger partial charge in [-0.25, -0.2) is 0 Å². The van der Waals surface area contributed by atoms with Gasteiger partial charge in [0.15, 0.2) is 0 Å². The van der Waals surface area contributed by atoms with Gasteiger partial charge in [0.25, 0.3) is 0 Å². The lowest BCUT2D eigenvalue weighted by atomic mass is 9.97. The highest BCUT2D eigenvalue weighted by Gasteiger charge is 2.30. The van der Waals surface area contributed by atoms with Crippen molar-refractivity contribution in [3.8, 4) is 0 Å². The molecule has 1 aliphatic heterocycles. The van der Waals surface area contributed by atoms with E-state index in [0.717, 1.165) is 16.7 Å². The van der Waals surface area contributed by atoms with E-state index in [4.69, 9.17) is 3.74 Å². The Morgan fingerprint density at radius 2 is 1.33 bits per heavy atom. The molecule has 0 saturated heterocycles. The highest BCUT2D eigenvalue weighted by molar-refractivity contribution is 8.16. The van der Waals surface area contributed by atoms with Crippen LogP contribution in [0.4, 0.5) is 0 Å². The summed E-state index contributed by atoms with van der Waals surface area (Å²) in [4.78, 5) is 1.37. The Labute approximate surface area is 145 Å². The molecular formula is C18H15ClO4S. The van der Waals surface area contributed by atoms with Crippen molar-refractivity contribution in [2.45, 2.75) is 6.92 Å². The smallest absolute Gasteiger partial charge is 0.143 e. The molecule has 0 radical (unpaired) electrons. The van der Waals surface area contributed by atoms with E-state index in [0.29, 0.717) is 9.77 Å². The number of halogens is 1. The van der Waals surface area contributed by atoms with Crippen molar-refractivity contribution < 1.29 is 28.0 Å². The number of benzene rings is 2. The molecular weight excluding hydrogens is 348 g/mol. The summed E-state index contributed by atoms with van der Waals surface area (Å²) >= 11 is 0. The first-order valence-electron chi connectivity index (χ1n) is 7.17. The third-order valence-corrected chi connectivity index (χ3v) is 6.14. The predicted molar refractivity (Wildman–Crippen MR) is 87.4 cm³/mol. The average Bonchev–Trinajstić information content (AvgIpc) is 2.57. The average molecular weight is 363 g/mol. The quantitative estimate of drug-likeness (QED) is 0.768. The summed E-state index contributed by atoms with van der Waals surface area (Å²) in [7, 11) is -5.82. The molecule has 1 heterocycles. The van der Waals surface area contributed by atoms with Crippen LogP contribution in [0, 0.1) is 10.2 Å². The van der Waals surface area contributed by atoms with E-state index < -0.39 is 21.0 Å². The van der Waals surface area contributed by atoms with E-state index in [1.165, 1.54) is 0 Å². The first-order valence-corrected chi connectivity index (χ1v) is 9.56. The van der Waals surface area contributed by atoms with Gasteiger partial charge in [0, 0.05) is 4.91 Å². The second kappa shape index (κ2) is 7.03. The maximum atomic E-state index is 11.2. The second-order valence-electron chi connectivity index (χ2n) is 5.13. The molecule has 1 unspecified atom stereocenters. The third-order valence-electron chi connectivity index (χ3n) is 3.47. The van der Waals surface area contributed by atoms with Crippen molar-refractivity contribution in [2.75, 3.05) is 0 Å². The Morgan fingerprint density at radius 1 is 0.792 bits per heavy atom.